The summed E-state index contributed by atoms with van der Waals surface area (Å²) in [6, 6.07) is -0.300. The van der Waals surface area contributed by atoms with E-state index in [4.69, 9.17) is 4.74 Å². The first-order chi connectivity index (χ1) is 11.1. The standard InChI is InChI=1S/C21H33FO/c1-15-3-9-18(10-4-15)19-11-6-17(7-12-19)8-14-20-13-5-16(2)21(22)23-20/h3,17-20H,4-14H2,1-2H3. The lowest BCUT2D eigenvalue weighted by Gasteiger charge is -2.35. The minimum absolute atomic E-state index is 0.128. The van der Waals surface area contributed by atoms with Gasteiger partial charge in [-0.3, -0.25) is 0 Å². The van der Waals surface area contributed by atoms with Crippen molar-refractivity contribution in [3.05, 3.63) is 23.2 Å². The molecule has 2 atom stereocenters. The largest absolute Gasteiger partial charge is 0.468 e. The fourth-order valence-corrected chi connectivity index (χ4v) is 4.77. The molecule has 2 unspecified atom stereocenters. The normalized spacial score (nSPS) is 35.7. The van der Waals surface area contributed by atoms with Crippen molar-refractivity contribution in [2.45, 2.75) is 90.6 Å². The number of rotatable bonds is 4. The van der Waals surface area contributed by atoms with E-state index in [1.807, 2.05) is 6.92 Å². The molecule has 1 saturated carbocycles. The van der Waals surface area contributed by atoms with Crippen LogP contribution < -0.4 is 0 Å². The molecule has 1 fully saturated rings. The lowest BCUT2D eigenvalue weighted by atomic mass is 9.70. The molecule has 0 saturated heterocycles. The van der Waals surface area contributed by atoms with Crippen molar-refractivity contribution in [3.8, 4) is 0 Å². The third-order valence-corrected chi connectivity index (χ3v) is 6.58. The van der Waals surface area contributed by atoms with E-state index in [2.05, 4.69) is 13.0 Å². The average molecular weight is 320 g/mol. The molecule has 1 nitrogen and oxygen atoms in total. The molecule has 3 rings (SSSR count). The SMILES string of the molecule is CC1=CCC(C2CCC(CCC3CCC(C)=C(F)O3)CC2)CC1. The summed E-state index contributed by atoms with van der Waals surface area (Å²) in [5, 5.41) is 0. The van der Waals surface area contributed by atoms with Crippen LogP contribution in [0.1, 0.15) is 84.5 Å². The molecule has 0 amide bonds. The van der Waals surface area contributed by atoms with Gasteiger partial charge in [-0.2, -0.15) is 4.39 Å². The van der Waals surface area contributed by atoms with Gasteiger partial charge in [-0.05, 0) is 95.0 Å². The number of hydrogen-bond donors (Lipinski definition) is 0. The smallest absolute Gasteiger partial charge is 0.271 e. The number of halogens is 1. The third-order valence-electron chi connectivity index (χ3n) is 6.58. The maximum absolute atomic E-state index is 13.5. The molecule has 0 spiro atoms. The van der Waals surface area contributed by atoms with Crippen molar-refractivity contribution in [2.75, 3.05) is 0 Å². The van der Waals surface area contributed by atoms with Crippen LogP contribution in [-0.2, 0) is 4.74 Å². The van der Waals surface area contributed by atoms with E-state index in [1.165, 1.54) is 51.4 Å². The maximum Gasteiger partial charge on any atom is 0.271 e. The maximum atomic E-state index is 13.5. The van der Waals surface area contributed by atoms with E-state index in [0.29, 0.717) is 0 Å². The van der Waals surface area contributed by atoms with Crippen molar-refractivity contribution in [1.82, 2.24) is 0 Å². The van der Waals surface area contributed by atoms with E-state index in [-0.39, 0.29) is 12.1 Å². The highest BCUT2D eigenvalue weighted by atomic mass is 19.1. The Bertz CT molecular complexity index is 456. The van der Waals surface area contributed by atoms with Gasteiger partial charge in [0, 0.05) is 0 Å². The Labute approximate surface area is 141 Å². The fourth-order valence-electron chi connectivity index (χ4n) is 4.77. The van der Waals surface area contributed by atoms with Gasteiger partial charge in [-0.1, -0.05) is 24.5 Å². The molecule has 0 N–H and O–H groups in total. The van der Waals surface area contributed by atoms with Gasteiger partial charge in [-0.15, -0.1) is 0 Å². The zero-order valence-electron chi connectivity index (χ0n) is 15.0. The van der Waals surface area contributed by atoms with Crippen LogP contribution in [0.5, 0.6) is 0 Å². The Morgan fingerprint density at radius 3 is 2.39 bits per heavy atom. The van der Waals surface area contributed by atoms with E-state index < -0.39 is 0 Å². The first-order valence-electron chi connectivity index (χ1n) is 9.79. The van der Waals surface area contributed by atoms with E-state index in [9.17, 15) is 4.39 Å². The Balaban J connectivity index is 1.37. The predicted octanol–water partition coefficient (Wildman–Crippen LogP) is 6.70. The third kappa shape index (κ3) is 4.61. The minimum atomic E-state index is -0.300. The van der Waals surface area contributed by atoms with Crippen molar-refractivity contribution in [3.63, 3.8) is 0 Å². The Kier molecular flexibility index (Phi) is 5.82. The molecule has 0 bridgehead atoms. The molecule has 1 aliphatic heterocycles. The molecule has 0 aromatic rings. The summed E-state index contributed by atoms with van der Waals surface area (Å²) in [6.07, 6.45) is 16.4. The molecule has 0 radical (unpaired) electrons. The van der Waals surface area contributed by atoms with Gasteiger partial charge < -0.3 is 4.74 Å². The predicted molar refractivity (Wildman–Crippen MR) is 93.7 cm³/mol. The second kappa shape index (κ2) is 7.85. The van der Waals surface area contributed by atoms with Crippen LogP contribution in [0.3, 0.4) is 0 Å². The number of ether oxygens (including phenoxy) is 1. The van der Waals surface area contributed by atoms with Crippen molar-refractivity contribution < 1.29 is 9.13 Å². The van der Waals surface area contributed by atoms with Crippen LogP contribution in [0.25, 0.3) is 0 Å². The molecule has 3 aliphatic rings. The summed E-state index contributed by atoms with van der Waals surface area (Å²) in [7, 11) is 0. The van der Waals surface area contributed by atoms with Gasteiger partial charge in [0.25, 0.3) is 6.01 Å². The summed E-state index contributed by atoms with van der Waals surface area (Å²) in [6.45, 7) is 4.12. The van der Waals surface area contributed by atoms with Crippen molar-refractivity contribution in [1.29, 1.82) is 0 Å². The summed E-state index contributed by atoms with van der Waals surface area (Å²) in [5.41, 5.74) is 2.39. The van der Waals surface area contributed by atoms with Gasteiger partial charge in [0.2, 0.25) is 0 Å². The zero-order valence-corrected chi connectivity index (χ0v) is 15.0. The second-order valence-corrected chi connectivity index (χ2v) is 8.28. The summed E-state index contributed by atoms with van der Waals surface area (Å²) in [5.74, 6) is 2.76. The highest BCUT2D eigenvalue weighted by molar-refractivity contribution is 5.04. The minimum Gasteiger partial charge on any atom is -0.468 e. The Morgan fingerprint density at radius 2 is 1.74 bits per heavy atom. The van der Waals surface area contributed by atoms with Gasteiger partial charge in [0.05, 0.1) is 0 Å². The van der Waals surface area contributed by atoms with Gasteiger partial charge in [0.1, 0.15) is 6.10 Å². The van der Waals surface area contributed by atoms with Crippen LogP contribution >= 0.6 is 0 Å². The summed E-state index contributed by atoms with van der Waals surface area (Å²) < 4.78 is 19.0. The van der Waals surface area contributed by atoms with Crippen molar-refractivity contribution >= 4 is 0 Å². The van der Waals surface area contributed by atoms with Gasteiger partial charge >= 0.3 is 0 Å². The van der Waals surface area contributed by atoms with Crippen LogP contribution in [-0.4, -0.2) is 6.10 Å². The lowest BCUT2D eigenvalue weighted by Crippen LogP contribution is -2.24. The van der Waals surface area contributed by atoms with Gasteiger partial charge in [-0.25, -0.2) is 0 Å². The summed E-state index contributed by atoms with van der Waals surface area (Å²) >= 11 is 0. The molecular weight excluding hydrogens is 287 g/mol. The van der Waals surface area contributed by atoms with E-state index >= 15 is 0 Å². The monoisotopic (exact) mass is 320 g/mol. The highest BCUT2D eigenvalue weighted by Gasteiger charge is 2.29. The fraction of sp³-hybridized carbons (Fsp3) is 0.810. The molecule has 2 heteroatoms. The highest BCUT2D eigenvalue weighted by Crippen LogP contribution is 2.41. The first kappa shape index (κ1) is 17.0. The number of allylic oxidation sites excluding steroid dienone is 3. The van der Waals surface area contributed by atoms with Gasteiger partial charge in [0.15, 0.2) is 0 Å². The van der Waals surface area contributed by atoms with Crippen LogP contribution in [0.2, 0.25) is 0 Å². The first-order valence-corrected chi connectivity index (χ1v) is 9.79. The molecule has 2 aliphatic carbocycles. The van der Waals surface area contributed by atoms with Crippen LogP contribution in [0, 0.1) is 17.8 Å². The van der Waals surface area contributed by atoms with Crippen LogP contribution in [0.4, 0.5) is 4.39 Å². The molecular formula is C21H33FO. The van der Waals surface area contributed by atoms with Crippen molar-refractivity contribution in [2.24, 2.45) is 17.8 Å². The summed E-state index contributed by atoms with van der Waals surface area (Å²) in [4.78, 5) is 0. The molecule has 1 heterocycles. The Hall–Kier alpha value is -0.790. The number of hydrogen-bond acceptors (Lipinski definition) is 1. The quantitative estimate of drug-likeness (QED) is 0.524. The molecule has 23 heavy (non-hydrogen) atoms. The molecule has 0 aromatic heterocycles. The van der Waals surface area contributed by atoms with E-state index in [1.54, 1.807) is 5.57 Å². The van der Waals surface area contributed by atoms with E-state index in [0.717, 1.165) is 42.6 Å². The molecule has 130 valence electrons. The molecule has 0 aromatic carbocycles. The zero-order chi connectivity index (χ0) is 16.2. The van der Waals surface area contributed by atoms with Crippen LogP contribution in [0.15, 0.2) is 23.2 Å². The average Bonchev–Trinajstić information content (AvgIpc) is 2.57. The lowest BCUT2D eigenvalue weighted by molar-refractivity contribution is 0.0333. The Morgan fingerprint density at radius 1 is 0.957 bits per heavy atom. The topological polar surface area (TPSA) is 9.23 Å². The second-order valence-electron chi connectivity index (χ2n) is 8.28.